The van der Waals surface area contributed by atoms with Crippen LogP contribution in [-0.4, -0.2) is 14.8 Å². The van der Waals surface area contributed by atoms with E-state index < -0.39 is 11.6 Å². The van der Waals surface area contributed by atoms with Crippen LogP contribution in [0.1, 0.15) is 0 Å². The van der Waals surface area contributed by atoms with Crippen molar-refractivity contribution in [1.29, 1.82) is 0 Å². The van der Waals surface area contributed by atoms with E-state index in [9.17, 15) is 8.78 Å². The lowest BCUT2D eigenvalue weighted by Gasteiger charge is -2.10. The summed E-state index contributed by atoms with van der Waals surface area (Å²) in [5, 5.41) is 5.28. The molecule has 0 saturated heterocycles. The fourth-order valence-corrected chi connectivity index (χ4v) is 2.82. The Labute approximate surface area is 137 Å². The zero-order valence-corrected chi connectivity index (χ0v) is 12.9. The standard InChI is InChI=1S/C19H13F2N3/c1-24-18-10-12(4-5-14(18)11-23-24)15-3-2-8-22-19(15)13-6-7-16(20)17(21)9-13/h2-11H,1H3. The number of aromatic nitrogens is 3. The van der Waals surface area contributed by atoms with Gasteiger partial charge in [0.05, 0.1) is 17.4 Å². The van der Waals surface area contributed by atoms with Gasteiger partial charge in [0, 0.05) is 29.8 Å². The van der Waals surface area contributed by atoms with Gasteiger partial charge in [-0.1, -0.05) is 18.2 Å². The van der Waals surface area contributed by atoms with Gasteiger partial charge in [-0.25, -0.2) is 8.78 Å². The van der Waals surface area contributed by atoms with Gasteiger partial charge in [0.1, 0.15) is 0 Å². The third-order valence-electron chi connectivity index (χ3n) is 4.06. The molecule has 4 rings (SSSR count). The van der Waals surface area contributed by atoms with E-state index in [0.29, 0.717) is 11.3 Å². The van der Waals surface area contributed by atoms with Crippen molar-refractivity contribution >= 4 is 10.9 Å². The molecular formula is C19H13F2N3. The summed E-state index contributed by atoms with van der Waals surface area (Å²) in [5.41, 5.74) is 3.94. The zero-order chi connectivity index (χ0) is 16.7. The molecule has 24 heavy (non-hydrogen) atoms. The van der Waals surface area contributed by atoms with Crippen LogP contribution in [0.4, 0.5) is 8.78 Å². The Morgan fingerprint density at radius 3 is 2.58 bits per heavy atom. The van der Waals surface area contributed by atoms with Crippen molar-refractivity contribution in [2.75, 3.05) is 0 Å². The largest absolute Gasteiger partial charge is 0.268 e. The van der Waals surface area contributed by atoms with E-state index in [-0.39, 0.29) is 0 Å². The lowest BCUT2D eigenvalue weighted by atomic mass is 9.98. The molecule has 0 atom stereocenters. The predicted molar refractivity (Wildman–Crippen MR) is 89.3 cm³/mol. The van der Waals surface area contributed by atoms with Gasteiger partial charge in [0.2, 0.25) is 0 Å². The first kappa shape index (κ1) is 14.5. The minimum absolute atomic E-state index is 0.537. The third-order valence-corrected chi connectivity index (χ3v) is 4.06. The molecule has 2 heterocycles. The van der Waals surface area contributed by atoms with Crippen LogP contribution in [0.25, 0.3) is 33.3 Å². The number of rotatable bonds is 2. The number of hydrogen-bond donors (Lipinski definition) is 0. The van der Waals surface area contributed by atoms with Gasteiger partial charge in [0.15, 0.2) is 11.6 Å². The van der Waals surface area contributed by atoms with Crippen LogP contribution in [0.3, 0.4) is 0 Å². The van der Waals surface area contributed by atoms with Gasteiger partial charge in [-0.3, -0.25) is 9.67 Å². The lowest BCUT2D eigenvalue weighted by Crippen LogP contribution is -1.92. The lowest BCUT2D eigenvalue weighted by molar-refractivity contribution is 0.509. The molecule has 0 bridgehead atoms. The first-order valence-corrected chi connectivity index (χ1v) is 7.46. The van der Waals surface area contributed by atoms with Crippen LogP contribution in [0, 0.1) is 11.6 Å². The monoisotopic (exact) mass is 321 g/mol. The average Bonchev–Trinajstić information content (AvgIpc) is 2.98. The minimum Gasteiger partial charge on any atom is -0.268 e. The molecule has 0 fully saturated rings. The maximum absolute atomic E-state index is 13.6. The molecule has 3 nitrogen and oxygen atoms in total. The first-order valence-electron chi connectivity index (χ1n) is 7.46. The van der Waals surface area contributed by atoms with Crippen LogP contribution < -0.4 is 0 Å². The number of benzene rings is 2. The number of hydrogen-bond acceptors (Lipinski definition) is 2. The molecule has 0 aliphatic rings. The number of pyridine rings is 1. The van der Waals surface area contributed by atoms with Crippen molar-refractivity contribution < 1.29 is 8.78 Å². The second-order valence-electron chi connectivity index (χ2n) is 5.57. The van der Waals surface area contributed by atoms with Crippen LogP contribution >= 0.6 is 0 Å². The number of aryl methyl sites for hydroxylation is 1. The maximum Gasteiger partial charge on any atom is 0.159 e. The van der Waals surface area contributed by atoms with Gasteiger partial charge in [-0.15, -0.1) is 0 Å². The molecular weight excluding hydrogens is 308 g/mol. The number of nitrogens with zero attached hydrogens (tertiary/aromatic N) is 3. The molecule has 0 spiro atoms. The van der Waals surface area contributed by atoms with E-state index >= 15 is 0 Å². The van der Waals surface area contributed by atoms with E-state index in [2.05, 4.69) is 10.1 Å². The minimum atomic E-state index is -0.883. The topological polar surface area (TPSA) is 30.7 Å². The quantitative estimate of drug-likeness (QED) is 0.541. The van der Waals surface area contributed by atoms with Crippen molar-refractivity contribution in [1.82, 2.24) is 14.8 Å². The van der Waals surface area contributed by atoms with Crippen LogP contribution in [0.5, 0.6) is 0 Å². The first-order chi connectivity index (χ1) is 11.6. The van der Waals surface area contributed by atoms with Crippen LogP contribution in [-0.2, 0) is 7.05 Å². The average molecular weight is 321 g/mol. The highest BCUT2D eigenvalue weighted by atomic mass is 19.2. The van der Waals surface area contributed by atoms with Crippen molar-refractivity contribution in [3.8, 4) is 22.4 Å². The highest BCUT2D eigenvalue weighted by Crippen LogP contribution is 2.32. The molecule has 0 amide bonds. The fourth-order valence-electron chi connectivity index (χ4n) is 2.82. The van der Waals surface area contributed by atoms with E-state index in [4.69, 9.17) is 0 Å². The molecule has 0 N–H and O–H groups in total. The molecule has 0 radical (unpaired) electrons. The van der Waals surface area contributed by atoms with Gasteiger partial charge in [0.25, 0.3) is 0 Å². The summed E-state index contributed by atoms with van der Waals surface area (Å²) in [6.07, 6.45) is 3.45. The molecule has 0 saturated carbocycles. The Hall–Kier alpha value is -3.08. The maximum atomic E-state index is 13.6. The summed E-state index contributed by atoms with van der Waals surface area (Å²) >= 11 is 0. The van der Waals surface area contributed by atoms with Gasteiger partial charge in [-0.05, 0) is 35.9 Å². The smallest absolute Gasteiger partial charge is 0.159 e. The van der Waals surface area contributed by atoms with Gasteiger partial charge in [-0.2, -0.15) is 5.10 Å². The van der Waals surface area contributed by atoms with Crippen molar-refractivity contribution in [2.45, 2.75) is 0 Å². The zero-order valence-electron chi connectivity index (χ0n) is 12.9. The highest BCUT2D eigenvalue weighted by Gasteiger charge is 2.12. The van der Waals surface area contributed by atoms with E-state index in [1.165, 1.54) is 12.1 Å². The van der Waals surface area contributed by atoms with E-state index in [1.54, 1.807) is 17.1 Å². The normalized spacial score (nSPS) is 11.1. The van der Waals surface area contributed by atoms with E-state index in [0.717, 1.165) is 28.1 Å². The summed E-state index contributed by atoms with van der Waals surface area (Å²) < 4.78 is 28.6. The Kier molecular flexibility index (Phi) is 3.34. The summed E-state index contributed by atoms with van der Waals surface area (Å²) in [6, 6.07) is 13.5. The molecule has 0 aliphatic heterocycles. The third kappa shape index (κ3) is 2.34. The molecule has 4 aromatic rings. The second kappa shape index (κ2) is 5.53. The number of fused-ring (bicyclic) bond motifs is 1. The SMILES string of the molecule is Cn1ncc2ccc(-c3cccnc3-c3ccc(F)c(F)c3)cc21. The van der Waals surface area contributed by atoms with Gasteiger partial charge >= 0.3 is 0 Å². The molecule has 5 heteroatoms. The molecule has 0 aliphatic carbocycles. The molecule has 2 aromatic carbocycles. The second-order valence-corrected chi connectivity index (χ2v) is 5.57. The van der Waals surface area contributed by atoms with Crippen molar-refractivity contribution in [3.05, 3.63) is 72.6 Å². The Morgan fingerprint density at radius 1 is 0.917 bits per heavy atom. The predicted octanol–water partition coefficient (Wildman–Crippen LogP) is 4.58. The molecule has 0 unspecified atom stereocenters. The molecule has 2 aromatic heterocycles. The van der Waals surface area contributed by atoms with Crippen LogP contribution in [0.15, 0.2) is 60.9 Å². The fraction of sp³-hybridized carbons (Fsp3) is 0.0526. The molecule has 118 valence electrons. The highest BCUT2D eigenvalue weighted by molar-refractivity contribution is 5.88. The van der Waals surface area contributed by atoms with E-state index in [1.807, 2.05) is 37.4 Å². The summed E-state index contributed by atoms with van der Waals surface area (Å²) in [4.78, 5) is 4.37. The Morgan fingerprint density at radius 2 is 1.75 bits per heavy atom. The van der Waals surface area contributed by atoms with Gasteiger partial charge < -0.3 is 0 Å². The van der Waals surface area contributed by atoms with Crippen molar-refractivity contribution in [3.63, 3.8) is 0 Å². The summed E-state index contributed by atoms with van der Waals surface area (Å²) in [6.45, 7) is 0. The summed E-state index contributed by atoms with van der Waals surface area (Å²) in [7, 11) is 1.88. The Bertz CT molecular complexity index is 1050. The number of halogens is 2. The van der Waals surface area contributed by atoms with Crippen LogP contribution in [0.2, 0.25) is 0 Å². The Balaban J connectivity index is 1.91. The van der Waals surface area contributed by atoms with Crippen molar-refractivity contribution in [2.24, 2.45) is 7.05 Å². The summed E-state index contributed by atoms with van der Waals surface area (Å²) in [5.74, 6) is -1.75.